The third-order valence-corrected chi connectivity index (χ3v) is 3.38. The van der Waals surface area contributed by atoms with E-state index in [2.05, 4.69) is 5.32 Å². The number of halogens is 1. The zero-order valence-corrected chi connectivity index (χ0v) is 13.9. The van der Waals surface area contributed by atoms with Crippen LogP contribution >= 0.6 is 0 Å². The number of nitrogens with one attached hydrogen (secondary N) is 1. The minimum atomic E-state index is -0.491. The van der Waals surface area contributed by atoms with E-state index < -0.39 is 23.0 Å². The lowest BCUT2D eigenvalue weighted by Crippen LogP contribution is -2.37. The van der Waals surface area contributed by atoms with Crippen molar-refractivity contribution < 1.29 is 13.9 Å². The molecule has 25 heavy (non-hydrogen) atoms. The van der Waals surface area contributed by atoms with Gasteiger partial charge in [0.05, 0.1) is 12.1 Å². The molecular formula is C17H18FN3O4. The maximum Gasteiger partial charge on any atom is 0.330 e. The van der Waals surface area contributed by atoms with Crippen LogP contribution in [0.4, 0.5) is 4.39 Å². The predicted octanol–water partition coefficient (Wildman–Crippen LogP) is 0.431. The Hall–Kier alpha value is -3.16. The number of carbonyl (C=O) groups is 1. The summed E-state index contributed by atoms with van der Waals surface area (Å²) in [5.41, 5.74) is -0.728. The van der Waals surface area contributed by atoms with Gasteiger partial charge >= 0.3 is 5.69 Å². The summed E-state index contributed by atoms with van der Waals surface area (Å²) < 4.78 is 20.8. The zero-order valence-electron chi connectivity index (χ0n) is 13.9. The lowest BCUT2D eigenvalue weighted by molar-refractivity contribution is -0.116. The Labute approximate surface area is 143 Å². The number of amides is 1. The molecule has 0 radical (unpaired) electrons. The van der Waals surface area contributed by atoms with Gasteiger partial charge in [0.1, 0.15) is 6.61 Å². The smallest absolute Gasteiger partial charge is 0.330 e. The highest BCUT2D eigenvalue weighted by atomic mass is 19.1. The van der Waals surface area contributed by atoms with Gasteiger partial charge < -0.3 is 14.6 Å². The molecule has 0 unspecified atom stereocenters. The summed E-state index contributed by atoms with van der Waals surface area (Å²) in [5.74, 6) is -0.798. The molecule has 7 nitrogen and oxygen atoms in total. The number of para-hydroxylation sites is 1. The Bertz CT molecular complexity index is 915. The number of rotatable bonds is 6. The highest BCUT2D eigenvalue weighted by Crippen LogP contribution is 2.14. The molecule has 1 amide bonds. The summed E-state index contributed by atoms with van der Waals surface area (Å²) in [5, 5.41) is 2.55. The van der Waals surface area contributed by atoms with E-state index in [1.54, 1.807) is 12.1 Å². The first kappa shape index (κ1) is 18.2. The van der Waals surface area contributed by atoms with Crippen LogP contribution in [0.5, 0.6) is 5.75 Å². The largest absolute Gasteiger partial charge is 0.489 e. The van der Waals surface area contributed by atoms with Crippen LogP contribution in [0.2, 0.25) is 0 Å². The van der Waals surface area contributed by atoms with Crippen LogP contribution in [0.1, 0.15) is 5.56 Å². The monoisotopic (exact) mass is 347 g/mol. The van der Waals surface area contributed by atoms with Crippen molar-refractivity contribution in [3.8, 4) is 5.75 Å². The second kappa shape index (κ2) is 8.09. The quantitative estimate of drug-likeness (QED) is 0.607. The van der Waals surface area contributed by atoms with Crippen LogP contribution in [0.3, 0.4) is 0 Å². The molecule has 0 aliphatic rings. The summed E-state index contributed by atoms with van der Waals surface area (Å²) in [6.07, 6.45) is 3.87. The molecule has 8 heteroatoms. The van der Waals surface area contributed by atoms with Gasteiger partial charge in [0.2, 0.25) is 5.91 Å². The third-order valence-electron chi connectivity index (χ3n) is 3.38. The van der Waals surface area contributed by atoms with Crippen molar-refractivity contribution in [2.75, 3.05) is 13.2 Å². The van der Waals surface area contributed by atoms with E-state index in [0.29, 0.717) is 0 Å². The van der Waals surface area contributed by atoms with E-state index in [1.165, 1.54) is 49.1 Å². The van der Waals surface area contributed by atoms with E-state index in [0.717, 1.165) is 4.57 Å². The van der Waals surface area contributed by atoms with Crippen LogP contribution in [-0.2, 0) is 18.9 Å². The number of nitrogens with zero attached hydrogens (tertiary/aromatic N) is 2. The van der Waals surface area contributed by atoms with E-state index in [4.69, 9.17) is 4.74 Å². The molecule has 1 aromatic carbocycles. The van der Waals surface area contributed by atoms with Crippen LogP contribution in [0, 0.1) is 5.82 Å². The number of aromatic nitrogens is 2. The van der Waals surface area contributed by atoms with Gasteiger partial charge in [-0.05, 0) is 18.2 Å². The summed E-state index contributed by atoms with van der Waals surface area (Å²) >= 11 is 0. The molecule has 1 aromatic heterocycles. The first-order valence-corrected chi connectivity index (χ1v) is 7.50. The van der Waals surface area contributed by atoms with Crippen molar-refractivity contribution in [1.29, 1.82) is 0 Å². The predicted molar refractivity (Wildman–Crippen MR) is 90.9 cm³/mol. The molecule has 2 rings (SSSR count). The van der Waals surface area contributed by atoms with Crippen LogP contribution in [0.25, 0.3) is 6.08 Å². The number of aryl methyl sites for hydroxylation is 1. The van der Waals surface area contributed by atoms with Gasteiger partial charge in [0.25, 0.3) is 5.56 Å². The molecule has 0 bridgehead atoms. The Kier molecular flexibility index (Phi) is 5.89. The average molecular weight is 347 g/mol. The summed E-state index contributed by atoms with van der Waals surface area (Å²) in [4.78, 5) is 35.2. The minimum absolute atomic E-state index is 0.0993. The summed E-state index contributed by atoms with van der Waals surface area (Å²) in [7, 11) is 2.88. The normalized spacial score (nSPS) is 10.8. The molecule has 0 saturated heterocycles. The highest BCUT2D eigenvalue weighted by Gasteiger charge is 2.05. The first-order valence-electron chi connectivity index (χ1n) is 7.50. The summed E-state index contributed by atoms with van der Waals surface area (Å²) in [6, 6.07) is 5.97. The Morgan fingerprint density at radius 1 is 1.28 bits per heavy atom. The van der Waals surface area contributed by atoms with Gasteiger partial charge in [-0.2, -0.15) is 0 Å². The SMILES string of the molecule is Cn1cc(/C=C/C(=O)NCCOc2ccccc2F)c(=O)n(C)c1=O. The fraction of sp³-hybridized carbons (Fsp3) is 0.235. The maximum atomic E-state index is 13.3. The number of carbonyl (C=O) groups excluding carboxylic acids is 1. The van der Waals surface area contributed by atoms with Crippen molar-refractivity contribution in [3.05, 3.63) is 68.8 Å². The van der Waals surface area contributed by atoms with Crippen LogP contribution < -0.4 is 21.3 Å². The molecule has 1 N–H and O–H groups in total. The van der Waals surface area contributed by atoms with Gasteiger partial charge in [-0.3, -0.25) is 14.2 Å². The third kappa shape index (κ3) is 4.66. The molecular weight excluding hydrogens is 329 g/mol. The van der Waals surface area contributed by atoms with E-state index in [1.807, 2.05) is 0 Å². The number of ether oxygens (including phenoxy) is 1. The Balaban J connectivity index is 1.89. The molecule has 0 aliphatic carbocycles. The lowest BCUT2D eigenvalue weighted by atomic mass is 10.3. The molecule has 0 saturated carbocycles. The van der Waals surface area contributed by atoms with Gasteiger partial charge in [0, 0.05) is 26.4 Å². The average Bonchev–Trinajstić information content (AvgIpc) is 2.60. The maximum absolute atomic E-state index is 13.3. The van der Waals surface area contributed by atoms with Crippen molar-refractivity contribution in [2.45, 2.75) is 0 Å². The molecule has 132 valence electrons. The van der Waals surface area contributed by atoms with Crippen molar-refractivity contribution in [3.63, 3.8) is 0 Å². The Morgan fingerprint density at radius 3 is 2.72 bits per heavy atom. The fourth-order valence-electron chi connectivity index (χ4n) is 2.07. The summed E-state index contributed by atoms with van der Waals surface area (Å²) in [6.45, 7) is 0.269. The van der Waals surface area contributed by atoms with Crippen LogP contribution in [-0.4, -0.2) is 28.2 Å². The van der Waals surface area contributed by atoms with Gasteiger partial charge in [0.15, 0.2) is 11.6 Å². The second-order valence-corrected chi connectivity index (χ2v) is 5.25. The molecule has 0 spiro atoms. The fourth-order valence-corrected chi connectivity index (χ4v) is 2.07. The van der Waals surface area contributed by atoms with Gasteiger partial charge in [-0.1, -0.05) is 12.1 Å². The topological polar surface area (TPSA) is 82.3 Å². The number of hydrogen-bond acceptors (Lipinski definition) is 4. The van der Waals surface area contributed by atoms with Gasteiger partial charge in [-0.15, -0.1) is 0 Å². The zero-order chi connectivity index (χ0) is 18.4. The molecule has 0 atom stereocenters. The number of hydrogen-bond donors (Lipinski definition) is 1. The van der Waals surface area contributed by atoms with E-state index in [9.17, 15) is 18.8 Å². The van der Waals surface area contributed by atoms with Crippen molar-refractivity contribution >= 4 is 12.0 Å². The van der Waals surface area contributed by atoms with Crippen LogP contribution in [0.15, 0.2) is 46.1 Å². The van der Waals surface area contributed by atoms with E-state index in [-0.39, 0.29) is 24.5 Å². The lowest BCUT2D eigenvalue weighted by Gasteiger charge is -2.07. The van der Waals surface area contributed by atoms with Gasteiger partial charge in [-0.25, -0.2) is 9.18 Å². The highest BCUT2D eigenvalue weighted by molar-refractivity contribution is 5.91. The number of benzene rings is 1. The minimum Gasteiger partial charge on any atom is -0.489 e. The van der Waals surface area contributed by atoms with Crippen molar-refractivity contribution in [2.24, 2.45) is 14.1 Å². The molecule has 0 aliphatic heterocycles. The van der Waals surface area contributed by atoms with E-state index >= 15 is 0 Å². The molecule has 1 heterocycles. The second-order valence-electron chi connectivity index (χ2n) is 5.25. The first-order chi connectivity index (χ1) is 11.9. The standard InChI is InChI=1S/C17H18FN3O4/c1-20-11-12(16(23)21(2)17(20)24)7-8-15(22)19-9-10-25-14-6-4-3-5-13(14)18/h3-8,11H,9-10H2,1-2H3,(H,19,22)/b8-7+. The molecule has 0 fully saturated rings. The molecule has 2 aromatic rings. The Morgan fingerprint density at radius 2 is 2.00 bits per heavy atom. The van der Waals surface area contributed by atoms with Crippen molar-refractivity contribution in [1.82, 2.24) is 14.5 Å².